The standard InChI is InChI=1S/C21H17Cl4N3O2S/c1-11(30-19-5-3-13(22)7-26-19)14-9-28(20(29)18-8-27-21(25)31-18)10-15(14)12-2-4-16(23)17(24)6-12/h2-8,11,14-15H,9-10H2,1H3/t11-,14?,15+/m1/s1. The van der Waals surface area contributed by atoms with Gasteiger partial charge in [0, 0.05) is 37.2 Å². The molecule has 0 bridgehead atoms. The van der Waals surface area contributed by atoms with Crippen molar-refractivity contribution in [1.29, 1.82) is 0 Å². The van der Waals surface area contributed by atoms with Gasteiger partial charge in [-0.25, -0.2) is 9.97 Å². The number of halogens is 4. The molecule has 1 unspecified atom stereocenters. The highest BCUT2D eigenvalue weighted by molar-refractivity contribution is 7.17. The van der Waals surface area contributed by atoms with E-state index in [9.17, 15) is 4.79 Å². The van der Waals surface area contributed by atoms with Crippen LogP contribution in [0.4, 0.5) is 0 Å². The first-order valence-corrected chi connectivity index (χ1v) is 11.8. The van der Waals surface area contributed by atoms with Crippen LogP contribution in [0.15, 0.2) is 42.7 Å². The summed E-state index contributed by atoms with van der Waals surface area (Å²) in [7, 11) is 0. The van der Waals surface area contributed by atoms with Crippen LogP contribution >= 0.6 is 57.7 Å². The van der Waals surface area contributed by atoms with Crippen LogP contribution in [0.25, 0.3) is 0 Å². The molecule has 10 heteroatoms. The lowest BCUT2D eigenvalue weighted by molar-refractivity contribution is 0.0774. The van der Waals surface area contributed by atoms with E-state index in [-0.39, 0.29) is 23.8 Å². The van der Waals surface area contributed by atoms with Crippen LogP contribution in [0.5, 0.6) is 5.88 Å². The van der Waals surface area contributed by atoms with E-state index in [1.54, 1.807) is 23.1 Å². The number of hydrogen-bond acceptors (Lipinski definition) is 5. The minimum atomic E-state index is -0.226. The second-order valence-corrected chi connectivity index (χ2v) is 10.1. The second-order valence-electron chi connectivity index (χ2n) is 7.27. The van der Waals surface area contributed by atoms with Crippen LogP contribution in [-0.2, 0) is 0 Å². The molecule has 3 aromatic rings. The zero-order valence-electron chi connectivity index (χ0n) is 16.3. The molecule has 3 atom stereocenters. The van der Waals surface area contributed by atoms with E-state index in [4.69, 9.17) is 51.1 Å². The molecule has 31 heavy (non-hydrogen) atoms. The summed E-state index contributed by atoms with van der Waals surface area (Å²) < 4.78 is 6.44. The molecule has 1 amide bonds. The van der Waals surface area contributed by atoms with Crippen molar-refractivity contribution in [2.75, 3.05) is 13.1 Å². The van der Waals surface area contributed by atoms with Gasteiger partial charge in [0.2, 0.25) is 5.88 Å². The Bertz CT molecular complexity index is 1090. The smallest absolute Gasteiger partial charge is 0.265 e. The molecule has 0 aliphatic carbocycles. The summed E-state index contributed by atoms with van der Waals surface area (Å²) in [4.78, 5) is 23.6. The van der Waals surface area contributed by atoms with Crippen molar-refractivity contribution < 1.29 is 9.53 Å². The first-order chi connectivity index (χ1) is 14.8. The van der Waals surface area contributed by atoms with Crippen molar-refractivity contribution in [3.8, 4) is 5.88 Å². The van der Waals surface area contributed by atoms with Crippen LogP contribution in [0.1, 0.15) is 28.1 Å². The average molecular weight is 517 g/mol. The maximum atomic E-state index is 13.0. The van der Waals surface area contributed by atoms with Gasteiger partial charge in [-0.2, -0.15) is 0 Å². The van der Waals surface area contributed by atoms with Crippen molar-refractivity contribution in [2.45, 2.75) is 18.9 Å². The highest BCUT2D eigenvalue weighted by atomic mass is 35.5. The molecular formula is C21H17Cl4N3O2S. The zero-order valence-corrected chi connectivity index (χ0v) is 20.1. The Balaban J connectivity index is 1.60. The van der Waals surface area contributed by atoms with E-state index in [1.165, 1.54) is 23.7 Å². The molecule has 3 heterocycles. The van der Waals surface area contributed by atoms with Crippen LogP contribution in [0.2, 0.25) is 19.5 Å². The molecule has 0 saturated carbocycles. The molecule has 1 fully saturated rings. The van der Waals surface area contributed by atoms with Crippen molar-refractivity contribution in [2.24, 2.45) is 5.92 Å². The number of hydrogen-bond donors (Lipinski definition) is 0. The van der Waals surface area contributed by atoms with E-state index in [2.05, 4.69) is 9.97 Å². The maximum Gasteiger partial charge on any atom is 0.265 e. The molecule has 0 radical (unpaired) electrons. The Labute approximate surface area is 203 Å². The third kappa shape index (κ3) is 5.10. The topological polar surface area (TPSA) is 55.3 Å². The lowest BCUT2D eigenvalue weighted by Gasteiger charge is -2.25. The van der Waals surface area contributed by atoms with Gasteiger partial charge in [0.05, 0.1) is 21.3 Å². The fourth-order valence-corrected chi connectivity index (χ4v) is 5.11. The molecule has 1 aliphatic heterocycles. The molecular weight excluding hydrogens is 500 g/mol. The van der Waals surface area contributed by atoms with Gasteiger partial charge in [0.15, 0.2) is 4.47 Å². The van der Waals surface area contributed by atoms with E-state index >= 15 is 0 Å². The maximum absolute atomic E-state index is 13.0. The van der Waals surface area contributed by atoms with Crippen molar-refractivity contribution >= 4 is 63.6 Å². The number of carbonyl (C=O) groups excluding carboxylic acids is 1. The van der Waals surface area contributed by atoms with Gasteiger partial charge in [-0.05, 0) is 30.7 Å². The number of ether oxygens (including phenoxy) is 1. The monoisotopic (exact) mass is 515 g/mol. The highest BCUT2D eigenvalue weighted by Gasteiger charge is 2.41. The minimum Gasteiger partial charge on any atom is -0.474 e. The lowest BCUT2D eigenvalue weighted by Crippen LogP contribution is -2.32. The number of carbonyl (C=O) groups is 1. The predicted molar refractivity (Wildman–Crippen MR) is 125 cm³/mol. The Morgan fingerprint density at radius 1 is 1.10 bits per heavy atom. The number of likely N-dealkylation sites (tertiary alicyclic amines) is 1. The summed E-state index contributed by atoms with van der Waals surface area (Å²) in [6.07, 6.45) is 2.82. The van der Waals surface area contributed by atoms with E-state index in [0.717, 1.165) is 5.56 Å². The normalized spacial score (nSPS) is 19.5. The quantitative estimate of drug-likeness (QED) is 0.389. The molecule has 1 aromatic carbocycles. The van der Waals surface area contributed by atoms with Gasteiger partial charge in [0.1, 0.15) is 11.0 Å². The highest BCUT2D eigenvalue weighted by Crippen LogP contribution is 2.39. The van der Waals surface area contributed by atoms with Crippen LogP contribution in [-0.4, -0.2) is 40.0 Å². The van der Waals surface area contributed by atoms with Crippen LogP contribution in [0, 0.1) is 5.92 Å². The van der Waals surface area contributed by atoms with Crippen LogP contribution < -0.4 is 4.74 Å². The molecule has 1 saturated heterocycles. The van der Waals surface area contributed by atoms with Crippen molar-refractivity contribution in [3.63, 3.8) is 0 Å². The SMILES string of the molecule is C[C@@H](Oc1ccc(Cl)cn1)C1CN(C(=O)c2cnc(Cl)s2)C[C@H]1c1ccc(Cl)c(Cl)c1. The number of thiazole rings is 1. The summed E-state index contributed by atoms with van der Waals surface area (Å²) in [5.41, 5.74) is 0.997. The van der Waals surface area contributed by atoms with Crippen molar-refractivity contribution in [3.05, 3.63) is 72.7 Å². The summed E-state index contributed by atoms with van der Waals surface area (Å²) in [5.74, 6) is 0.379. The van der Waals surface area contributed by atoms with Gasteiger partial charge in [-0.1, -0.05) is 63.8 Å². The van der Waals surface area contributed by atoms with Gasteiger partial charge in [0.25, 0.3) is 5.91 Å². The Kier molecular flexibility index (Phi) is 6.94. The Hall–Kier alpha value is -1.57. The molecule has 0 N–H and O–H groups in total. The summed E-state index contributed by atoms with van der Waals surface area (Å²) >= 11 is 25.4. The molecule has 1 aliphatic rings. The third-order valence-corrected chi connectivity index (χ3v) is 7.39. The van der Waals surface area contributed by atoms with E-state index in [1.807, 2.05) is 19.1 Å². The third-order valence-electron chi connectivity index (χ3n) is 5.32. The van der Waals surface area contributed by atoms with Gasteiger partial charge >= 0.3 is 0 Å². The number of amides is 1. The Morgan fingerprint density at radius 2 is 1.90 bits per heavy atom. The van der Waals surface area contributed by atoms with Gasteiger partial charge in [-0.3, -0.25) is 4.79 Å². The number of pyridine rings is 1. The fourth-order valence-electron chi connectivity index (χ4n) is 3.78. The minimum absolute atomic E-state index is 0.00191. The summed E-state index contributed by atoms with van der Waals surface area (Å²) in [6.45, 7) is 3.00. The van der Waals surface area contributed by atoms with Gasteiger partial charge < -0.3 is 9.64 Å². The number of nitrogens with zero attached hydrogens (tertiary/aromatic N) is 3. The van der Waals surface area contributed by atoms with Gasteiger partial charge in [-0.15, -0.1) is 0 Å². The molecule has 2 aromatic heterocycles. The zero-order chi connectivity index (χ0) is 22.1. The fraction of sp³-hybridized carbons (Fsp3) is 0.286. The Morgan fingerprint density at radius 3 is 2.55 bits per heavy atom. The molecule has 162 valence electrons. The van der Waals surface area contributed by atoms with Crippen molar-refractivity contribution in [1.82, 2.24) is 14.9 Å². The number of benzene rings is 1. The first-order valence-electron chi connectivity index (χ1n) is 9.45. The summed E-state index contributed by atoms with van der Waals surface area (Å²) in [5, 5.41) is 1.50. The van der Waals surface area contributed by atoms with Crippen LogP contribution in [0.3, 0.4) is 0 Å². The largest absolute Gasteiger partial charge is 0.474 e. The number of rotatable bonds is 5. The lowest BCUT2D eigenvalue weighted by atomic mass is 9.86. The van der Waals surface area contributed by atoms with E-state index in [0.29, 0.717) is 43.4 Å². The summed E-state index contributed by atoms with van der Waals surface area (Å²) in [6, 6.07) is 9.02. The molecule has 0 spiro atoms. The molecule has 4 rings (SSSR count). The first kappa shape index (κ1) is 22.6. The molecule has 5 nitrogen and oxygen atoms in total. The number of aromatic nitrogens is 2. The second kappa shape index (κ2) is 9.51. The predicted octanol–water partition coefficient (Wildman–Crippen LogP) is 6.48. The van der Waals surface area contributed by atoms with E-state index < -0.39 is 0 Å². The average Bonchev–Trinajstić information content (AvgIpc) is 3.38.